The maximum atomic E-state index is 10.4. The quantitative estimate of drug-likeness (QED) is 0.0853. The maximum Gasteiger partial charge on any atom is 0.303 e. The van der Waals surface area contributed by atoms with E-state index in [4.69, 9.17) is 15.3 Å². The van der Waals surface area contributed by atoms with Crippen LogP contribution in [0.3, 0.4) is 0 Å². The smallest absolute Gasteiger partial charge is 0.303 e. The molecule has 0 aromatic heterocycles. The zero-order valence-corrected chi connectivity index (χ0v) is 21.5. The van der Waals surface area contributed by atoms with Crippen LogP contribution in [-0.4, -0.2) is 47.7 Å². The molecule has 7 heteroatoms. The Balaban J connectivity index is 0. The van der Waals surface area contributed by atoms with Crippen LogP contribution in [0.15, 0.2) is 0 Å². The summed E-state index contributed by atoms with van der Waals surface area (Å²) in [5, 5.41) is 24.9. The predicted molar refractivity (Wildman–Crippen MR) is 135 cm³/mol. The molecular formula is C26H55NO6. The topological polar surface area (TPSA) is 108 Å². The number of unbranched alkanes of at least 4 members (excludes halogenated alkanes) is 18. The van der Waals surface area contributed by atoms with Gasteiger partial charge in [-0.05, 0) is 6.42 Å². The van der Waals surface area contributed by atoms with Crippen LogP contribution in [-0.2, 0) is 14.5 Å². The Morgan fingerprint density at radius 1 is 0.576 bits per heavy atom. The molecule has 0 fully saturated rings. The molecular weight excluding hydrogens is 422 g/mol. The third-order valence-electron chi connectivity index (χ3n) is 5.50. The second-order valence-corrected chi connectivity index (χ2v) is 8.74. The van der Waals surface area contributed by atoms with E-state index in [1.807, 2.05) is 0 Å². The normalized spacial score (nSPS) is 10.8. The molecule has 0 aliphatic rings. The number of nitrogens with one attached hydrogen (secondary N) is 1. The van der Waals surface area contributed by atoms with Gasteiger partial charge in [-0.1, -0.05) is 128 Å². The highest BCUT2D eigenvalue weighted by Crippen LogP contribution is 2.14. The Bertz CT molecular complexity index is 352. The first-order valence-electron chi connectivity index (χ1n) is 13.6. The monoisotopic (exact) mass is 477 g/mol. The Kier molecular flexibility index (Phi) is 34.9. The third kappa shape index (κ3) is 38.8. The van der Waals surface area contributed by atoms with Gasteiger partial charge in [0.15, 0.2) is 0 Å². The molecule has 0 aromatic carbocycles. The van der Waals surface area contributed by atoms with Gasteiger partial charge in [-0.2, -0.15) is 0 Å². The predicted octanol–water partition coefficient (Wildman–Crippen LogP) is 6.32. The van der Waals surface area contributed by atoms with Crippen molar-refractivity contribution in [2.24, 2.45) is 0 Å². The average Bonchev–Trinajstić information content (AvgIpc) is 2.81. The highest BCUT2D eigenvalue weighted by molar-refractivity contribution is 5.66. The zero-order valence-electron chi connectivity index (χ0n) is 21.5. The molecule has 4 N–H and O–H groups in total. The highest BCUT2D eigenvalue weighted by Gasteiger charge is 1.97. The van der Waals surface area contributed by atoms with Crippen LogP contribution in [0.1, 0.15) is 135 Å². The van der Waals surface area contributed by atoms with Gasteiger partial charge in [-0.15, -0.1) is 0 Å². The standard InChI is InChI=1S/C22H44O2.C4H11NO4/c1-2-3-4-5-6-7-8-9-10-11-12-13-14-15-16-17-18-19-20-21-22(23)24;6-1-3-8-5-9-4-2-7/h2-21H2,1H3,(H,23,24);5-7H,1-4H2. The van der Waals surface area contributed by atoms with E-state index in [1.54, 1.807) is 0 Å². The van der Waals surface area contributed by atoms with Crippen LogP contribution in [0.4, 0.5) is 0 Å². The van der Waals surface area contributed by atoms with E-state index in [9.17, 15) is 4.79 Å². The molecule has 0 rings (SSSR count). The zero-order chi connectivity index (χ0) is 24.7. The number of rotatable bonds is 26. The molecule has 7 nitrogen and oxygen atoms in total. The van der Waals surface area contributed by atoms with E-state index in [0.717, 1.165) is 12.8 Å². The summed E-state index contributed by atoms with van der Waals surface area (Å²) >= 11 is 0. The van der Waals surface area contributed by atoms with Crippen molar-refractivity contribution in [2.45, 2.75) is 135 Å². The minimum Gasteiger partial charge on any atom is -0.481 e. The average molecular weight is 478 g/mol. The van der Waals surface area contributed by atoms with Crippen LogP contribution in [0.25, 0.3) is 0 Å². The number of aliphatic hydroxyl groups excluding tert-OH is 2. The summed E-state index contributed by atoms with van der Waals surface area (Å²) in [6, 6.07) is 0. The molecule has 200 valence electrons. The van der Waals surface area contributed by atoms with Gasteiger partial charge in [0.05, 0.1) is 26.4 Å². The minimum absolute atomic E-state index is 0.0600. The molecule has 0 aromatic rings. The lowest BCUT2D eigenvalue weighted by molar-refractivity contribution is -0.178. The molecule has 0 atom stereocenters. The van der Waals surface area contributed by atoms with Gasteiger partial charge in [-0.25, -0.2) is 0 Å². The largest absolute Gasteiger partial charge is 0.481 e. The number of hydrogen-bond acceptors (Lipinski definition) is 6. The summed E-state index contributed by atoms with van der Waals surface area (Å²) in [7, 11) is 0. The second-order valence-electron chi connectivity index (χ2n) is 8.74. The van der Waals surface area contributed by atoms with Gasteiger partial charge in [-0.3, -0.25) is 14.5 Å². The number of aliphatic carboxylic acids is 1. The molecule has 0 spiro atoms. The molecule has 0 bridgehead atoms. The molecule has 0 radical (unpaired) electrons. The fourth-order valence-electron chi connectivity index (χ4n) is 3.57. The highest BCUT2D eigenvalue weighted by atomic mass is 16.9. The molecule has 0 saturated carbocycles. The van der Waals surface area contributed by atoms with E-state index >= 15 is 0 Å². The fourth-order valence-corrected chi connectivity index (χ4v) is 3.57. The molecule has 0 aliphatic heterocycles. The first-order valence-corrected chi connectivity index (χ1v) is 13.6. The molecule has 0 saturated heterocycles. The van der Waals surface area contributed by atoms with Crippen LogP contribution in [0.2, 0.25) is 0 Å². The second kappa shape index (κ2) is 33.4. The Morgan fingerprint density at radius 3 is 1.15 bits per heavy atom. The van der Waals surface area contributed by atoms with E-state index in [-0.39, 0.29) is 26.4 Å². The fraction of sp³-hybridized carbons (Fsp3) is 0.962. The Hall–Kier alpha value is -0.730. The van der Waals surface area contributed by atoms with Crippen LogP contribution in [0.5, 0.6) is 0 Å². The lowest BCUT2D eigenvalue weighted by atomic mass is 10.0. The number of aliphatic hydroxyl groups is 2. The summed E-state index contributed by atoms with van der Waals surface area (Å²) < 4.78 is 0. The van der Waals surface area contributed by atoms with Gasteiger partial charge in [0, 0.05) is 6.42 Å². The lowest BCUT2D eigenvalue weighted by Gasteiger charge is -2.03. The van der Waals surface area contributed by atoms with Crippen molar-refractivity contribution in [1.82, 2.24) is 5.64 Å². The van der Waals surface area contributed by atoms with Crippen molar-refractivity contribution in [2.75, 3.05) is 26.4 Å². The number of carboxylic acids is 1. The molecule has 0 heterocycles. The number of carboxylic acid groups (broad SMARTS) is 1. The first kappa shape index (κ1) is 34.4. The molecule has 33 heavy (non-hydrogen) atoms. The van der Waals surface area contributed by atoms with Gasteiger partial charge in [0.2, 0.25) is 0 Å². The van der Waals surface area contributed by atoms with Crippen molar-refractivity contribution >= 4 is 5.97 Å². The summed E-state index contributed by atoms with van der Waals surface area (Å²) in [6.07, 6.45) is 26.1. The van der Waals surface area contributed by atoms with Crippen molar-refractivity contribution in [3.05, 3.63) is 0 Å². The van der Waals surface area contributed by atoms with Gasteiger partial charge < -0.3 is 15.3 Å². The van der Waals surface area contributed by atoms with Crippen molar-refractivity contribution in [3.8, 4) is 0 Å². The Morgan fingerprint density at radius 2 is 0.879 bits per heavy atom. The Labute approximate surface area is 203 Å². The van der Waals surface area contributed by atoms with Gasteiger partial charge in [0.25, 0.3) is 0 Å². The van der Waals surface area contributed by atoms with E-state index in [2.05, 4.69) is 22.2 Å². The molecule has 0 aliphatic carbocycles. The maximum absolute atomic E-state index is 10.4. The van der Waals surface area contributed by atoms with Gasteiger partial charge >= 0.3 is 5.97 Å². The number of hydrogen-bond donors (Lipinski definition) is 4. The van der Waals surface area contributed by atoms with Gasteiger partial charge in [0.1, 0.15) is 0 Å². The van der Waals surface area contributed by atoms with Crippen LogP contribution in [0, 0.1) is 0 Å². The summed E-state index contributed by atoms with van der Waals surface area (Å²) in [5.41, 5.74) is 2.07. The molecule has 0 unspecified atom stereocenters. The van der Waals surface area contributed by atoms with Crippen molar-refractivity contribution in [3.63, 3.8) is 0 Å². The first-order chi connectivity index (χ1) is 16.2. The van der Waals surface area contributed by atoms with E-state index in [0.29, 0.717) is 6.42 Å². The summed E-state index contributed by atoms with van der Waals surface area (Å²) in [5.74, 6) is -0.651. The summed E-state index contributed by atoms with van der Waals surface area (Å²) in [4.78, 5) is 19.3. The third-order valence-corrected chi connectivity index (χ3v) is 5.50. The van der Waals surface area contributed by atoms with Crippen LogP contribution < -0.4 is 5.64 Å². The van der Waals surface area contributed by atoms with E-state index in [1.165, 1.54) is 109 Å². The van der Waals surface area contributed by atoms with Crippen molar-refractivity contribution < 1.29 is 29.8 Å². The van der Waals surface area contributed by atoms with Crippen LogP contribution >= 0.6 is 0 Å². The summed E-state index contributed by atoms with van der Waals surface area (Å²) in [6.45, 7) is 2.51. The lowest BCUT2D eigenvalue weighted by Crippen LogP contribution is -2.19. The minimum atomic E-state index is -0.651. The van der Waals surface area contributed by atoms with E-state index < -0.39 is 5.97 Å². The number of carbonyl (C=O) groups is 1. The molecule has 0 amide bonds. The van der Waals surface area contributed by atoms with Crippen molar-refractivity contribution in [1.29, 1.82) is 0 Å². The SMILES string of the molecule is CCCCCCCCCCCCCCCCCCCCCC(=O)O.OCCONOCCO.